The van der Waals surface area contributed by atoms with Crippen molar-refractivity contribution in [3.63, 3.8) is 0 Å². The number of carboxylic acid groups (broad SMARTS) is 1. The molecule has 0 radical (unpaired) electrons. The highest BCUT2D eigenvalue weighted by molar-refractivity contribution is 5.93. The molecular formula is C28H23NO4. The fourth-order valence-corrected chi connectivity index (χ4v) is 4.24. The average Bonchev–Trinajstić information content (AvgIpc) is 3.08. The van der Waals surface area contributed by atoms with Crippen molar-refractivity contribution in [1.29, 1.82) is 0 Å². The summed E-state index contributed by atoms with van der Waals surface area (Å²) in [7, 11) is 0. The minimum Gasteiger partial charge on any atom is -0.494 e. The van der Waals surface area contributed by atoms with E-state index in [0.29, 0.717) is 24.2 Å². The highest BCUT2D eigenvalue weighted by Gasteiger charge is 2.19. The lowest BCUT2D eigenvalue weighted by Crippen LogP contribution is -2.09. The van der Waals surface area contributed by atoms with E-state index in [-0.39, 0.29) is 12.3 Å². The Balaban J connectivity index is 1.51. The van der Waals surface area contributed by atoms with Crippen molar-refractivity contribution < 1.29 is 19.7 Å². The minimum absolute atomic E-state index is 0.0657. The van der Waals surface area contributed by atoms with Gasteiger partial charge in [0.15, 0.2) is 5.88 Å². The number of nitrogens with zero attached hydrogens (tertiary/aromatic N) is 1. The molecular weight excluding hydrogens is 414 g/mol. The Morgan fingerprint density at radius 2 is 1.52 bits per heavy atom. The van der Waals surface area contributed by atoms with Crippen LogP contribution in [0.2, 0.25) is 0 Å². The number of carboxylic acids is 1. The van der Waals surface area contributed by atoms with Crippen LogP contribution in [-0.2, 0) is 24.4 Å². The highest BCUT2D eigenvalue weighted by atomic mass is 16.5. The molecule has 0 saturated carbocycles. The fourth-order valence-electron chi connectivity index (χ4n) is 4.24. The third kappa shape index (κ3) is 4.26. The summed E-state index contributed by atoms with van der Waals surface area (Å²) < 4.78 is 7.54. The van der Waals surface area contributed by atoms with Gasteiger partial charge in [0.1, 0.15) is 12.4 Å². The lowest BCUT2D eigenvalue weighted by molar-refractivity contribution is -0.136. The molecule has 2 N–H and O–H groups in total. The van der Waals surface area contributed by atoms with Crippen LogP contribution >= 0.6 is 0 Å². The highest BCUT2D eigenvalue weighted by Crippen LogP contribution is 2.34. The maximum absolute atomic E-state index is 11.6. The van der Waals surface area contributed by atoms with E-state index in [9.17, 15) is 15.0 Å². The number of aromatic nitrogens is 1. The maximum Gasteiger partial charge on any atom is 0.309 e. The number of fused-ring (bicyclic) bond motifs is 2. The van der Waals surface area contributed by atoms with Gasteiger partial charge in [-0.15, -0.1) is 0 Å². The molecule has 0 atom stereocenters. The summed E-state index contributed by atoms with van der Waals surface area (Å²) in [4.78, 5) is 11.6. The summed E-state index contributed by atoms with van der Waals surface area (Å²) in [5, 5.41) is 24.2. The molecule has 5 rings (SSSR count). The molecule has 1 aromatic heterocycles. The third-order valence-electron chi connectivity index (χ3n) is 5.84. The summed E-state index contributed by atoms with van der Waals surface area (Å²) in [5.41, 5.74) is 2.47. The first kappa shape index (κ1) is 20.6. The first-order valence-electron chi connectivity index (χ1n) is 10.8. The Labute approximate surface area is 191 Å². The van der Waals surface area contributed by atoms with Crippen molar-refractivity contribution >= 4 is 27.5 Å². The van der Waals surface area contributed by atoms with Gasteiger partial charge in [-0.05, 0) is 46.2 Å². The van der Waals surface area contributed by atoms with Gasteiger partial charge < -0.3 is 19.5 Å². The first-order chi connectivity index (χ1) is 16.1. The van der Waals surface area contributed by atoms with Crippen molar-refractivity contribution in [2.24, 2.45) is 0 Å². The second-order valence-electron chi connectivity index (χ2n) is 8.09. The molecule has 0 aliphatic rings. The van der Waals surface area contributed by atoms with Gasteiger partial charge in [-0.25, -0.2) is 0 Å². The number of carbonyl (C=O) groups is 1. The topological polar surface area (TPSA) is 71.7 Å². The van der Waals surface area contributed by atoms with Crippen LogP contribution in [0.15, 0.2) is 91.0 Å². The minimum atomic E-state index is -0.939. The molecule has 0 amide bonds. The molecule has 0 bridgehead atoms. The van der Waals surface area contributed by atoms with Crippen LogP contribution in [-0.4, -0.2) is 20.7 Å². The van der Waals surface area contributed by atoms with Gasteiger partial charge in [0.25, 0.3) is 0 Å². The van der Waals surface area contributed by atoms with Crippen LogP contribution in [0, 0.1) is 0 Å². The fraction of sp³-hybridized carbons (Fsp3) is 0.107. The van der Waals surface area contributed by atoms with E-state index < -0.39 is 5.97 Å². The van der Waals surface area contributed by atoms with E-state index in [1.54, 1.807) is 4.57 Å². The second kappa shape index (κ2) is 8.71. The van der Waals surface area contributed by atoms with Crippen LogP contribution in [0.4, 0.5) is 0 Å². The number of hydrogen-bond acceptors (Lipinski definition) is 3. The Kier molecular flexibility index (Phi) is 5.45. The first-order valence-corrected chi connectivity index (χ1v) is 10.8. The zero-order chi connectivity index (χ0) is 22.8. The molecule has 0 fully saturated rings. The number of aromatic hydroxyl groups is 1. The number of hydrogen-bond donors (Lipinski definition) is 2. The van der Waals surface area contributed by atoms with Crippen LogP contribution in [0.3, 0.4) is 0 Å². The normalized spacial score (nSPS) is 11.2. The molecule has 5 heteroatoms. The molecule has 33 heavy (non-hydrogen) atoms. The molecule has 0 saturated heterocycles. The van der Waals surface area contributed by atoms with Crippen LogP contribution in [0.1, 0.15) is 16.8 Å². The zero-order valence-electron chi connectivity index (χ0n) is 17.9. The van der Waals surface area contributed by atoms with Gasteiger partial charge >= 0.3 is 5.97 Å². The van der Waals surface area contributed by atoms with Crippen molar-refractivity contribution in [2.45, 2.75) is 19.6 Å². The molecule has 0 unspecified atom stereocenters. The molecule has 4 aromatic carbocycles. The van der Waals surface area contributed by atoms with Gasteiger partial charge in [-0.2, -0.15) is 0 Å². The van der Waals surface area contributed by atoms with Crippen molar-refractivity contribution in [2.75, 3.05) is 0 Å². The molecule has 164 valence electrons. The molecule has 0 aliphatic carbocycles. The van der Waals surface area contributed by atoms with E-state index in [1.165, 1.54) is 0 Å². The van der Waals surface area contributed by atoms with Gasteiger partial charge in [-0.1, -0.05) is 66.7 Å². The predicted octanol–water partition coefficient (Wildman–Crippen LogP) is 5.75. The van der Waals surface area contributed by atoms with Gasteiger partial charge in [0.2, 0.25) is 0 Å². The van der Waals surface area contributed by atoms with E-state index in [1.807, 2.05) is 78.9 Å². The molecule has 5 nitrogen and oxygen atoms in total. The number of aliphatic carboxylic acids is 1. The summed E-state index contributed by atoms with van der Waals surface area (Å²) in [5.74, 6) is -0.108. The van der Waals surface area contributed by atoms with Crippen LogP contribution in [0.5, 0.6) is 11.6 Å². The van der Waals surface area contributed by atoms with Crippen molar-refractivity contribution in [3.8, 4) is 11.6 Å². The van der Waals surface area contributed by atoms with E-state index >= 15 is 0 Å². The number of rotatable bonds is 7. The summed E-state index contributed by atoms with van der Waals surface area (Å²) >= 11 is 0. The number of para-hydroxylation sites is 1. The Hall–Kier alpha value is -4.25. The van der Waals surface area contributed by atoms with Gasteiger partial charge in [0.05, 0.1) is 13.0 Å². The smallest absolute Gasteiger partial charge is 0.309 e. The lowest BCUT2D eigenvalue weighted by Gasteiger charge is -2.11. The number of ether oxygens (including phenoxy) is 1. The maximum atomic E-state index is 11.6. The van der Waals surface area contributed by atoms with Crippen LogP contribution in [0.25, 0.3) is 21.5 Å². The Morgan fingerprint density at radius 1 is 0.788 bits per heavy atom. The lowest BCUT2D eigenvalue weighted by atomic mass is 10.1. The standard InChI is InChI=1S/C28H23NO4/c30-27(31)16-26-24-13-11-20(18-33-23-8-2-1-3-9-23)15-25(24)28(32)29(26)17-19-10-12-21-6-4-5-7-22(21)14-19/h1-15,32H,16-18H2,(H,30,31). The molecule has 1 heterocycles. The van der Waals surface area contributed by atoms with Crippen LogP contribution < -0.4 is 4.74 Å². The molecule has 5 aromatic rings. The molecule has 0 aliphatic heterocycles. The Bertz CT molecular complexity index is 1450. The monoisotopic (exact) mass is 437 g/mol. The largest absolute Gasteiger partial charge is 0.494 e. The van der Waals surface area contributed by atoms with E-state index in [2.05, 4.69) is 12.1 Å². The van der Waals surface area contributed by atoms with Gasteiger partial charge in [0, 0.05) is 16.5 Å². The van der Waals surface area contributed by atoms with E-state index in [4.69, 9.17) is 4.74 Å². The zero-order valence-corrected chi connectivity index (χ0v) is 17.9. The van der Waals surface area contributed by atoms with Crippen molar-refractivity contribution in [3.05, 3.63) is 108 Å². The Morgan fingerprint density at radius 3 is 2.30 bits per heavy atom. The quantitative estimate of drug-likeness (QED) is 0.340. The summed E-state index contributed by atoms with van der Waals surface area (Å²) in [6.07, 6.45) is -0.176. The average molecular weight is 437 g/mol. The predicted molar refractivity (Wildman–Crippen MR) is 129 cm³/mol. The summed E-state index contributed by atoms with van der Waals surface area (Å²) in [6.45, 7) is 0.729. The van der Waals surface area contributed by atoms with Gasteiger partial charge in [-0.3, -0.25) is 4.79 Å². The number of benzene rings is 4. The van der Waals surface area contributed by atoms with E-state index in [0.717, 1.165) is 33.0 Å². The SMILES string of the molecule is O=C(O)Cc1c2ccc(COc3ccccc3)cc2c(O)n1Cc1ccc2ccccc2c1. The second-order valence-corrected chi connectivity index (χ2v) is 8.09. The summed E-state index contributed by atoms with van der Waals surface area (Å²) in [6, 6.07) is 29.4. The van der Waals surface area contributed by atoms with Crippen molar-refractivity contribution in [1.82, 2.24) is 4.57 Å². The third-order valence-corrected chi connectivity index (χ3v) is 5.84. The molecule has 0 spiro atoms.